The van der Waals surface area contributed by atoms with Crippen molar-refractivity contribution in [2.45, 2.75) is 69.2 Å². The lowest BCUT2D eigenvalue weighted by Gasteiger charge is -2.36. The van der Waals surface area contributed by atoms with Crippen LogP contribution in [0.15, 0.2) is 47.4 Å². The zero-order valence-electron chi connectivity index (χ0n) is 18.0. The van der Waals surface area contributed by atoms with Crippen molar-refractivity contribution in [3.63, 3.8) is 0 Å². The fraction of sp³-hybridized carbons (Fsp3) is 0.440. The smallest absolute Gasteiger partial charge is 0.241 e. The first-order valence-electron chi connectivity index (χ1n) is 10.9. The van der Waals surface area contributed by atoms with Gasteiger partial charge >= 0.3 is 0 Å². The number of amides is 2. The number of hydrogen-bond acceptors (Lipinski definition) is 3. The molecular formula is C25H30N2O2S. The highest BCUT2D eigenvalue weighted by atomic mass is 32.2. The van der Waals surface area contributed by atoms with Crippen LogP contribution < -0.4 is 10.2 Å². The van der Waals surface area contributed by atoms with Crippen LogP contribution in [0.5, 0.6) is 0 Å². The maximum atomic E-state index is 13.6. The van der Waals surface area contributed by atoms with Crippen LogP contribution >= 0.6 is 11.8 Å². The Kier molecular flexibility index (Phi) is 6.19. The van der Waals surface area contributed by atoms with E-state index in [4.69, 9.17) is 0 Å². The molecule has 158 valence electrons. The van der Waals surface area contributed by atoms with E-state index in [2.05, 4.69) is 43.4 Å². The minimum absolute atomic E-state index is 0.00110. The fourth-order valence-corrected chi connectivity index (χ4v) is 5.69. The van der Waals surface area contributed by atoms with Crippen molar-refractivity contribution in [3.8, 4) is 0 Å². The maximum Gasteiger partial charge on any atom is 0.241 e. The topological polar surface area (TPSA) is 49.4 Å². The van der Waals surface area contributed by atoms with E-state index >= 15 is 0 Å². The molecule has 0 aromatic heterocycles. The molecule has 0 spiro atoms. The van der Waals surface area contributed by atoms with E-state index in [0.29, 0.717) is 6.54 Å². The monoisotopic (exact) mass is 422 g/mol. The molecule has 1 N–H and O–H groups in total. The summed E-state index contributed by atoms with van der Waals surface area (Å²) in [5, 5.41) is 2.77. The Bertz CT molecular complexity index is 952. The number of anilines is 1. The number of nitrogens with zero attached hydrogens (tertiary/aromatic N) is 1. The quantitative estimate of drug-likeness (QED) is 0.737. The minimum atomic E-state index is -0.411. The predicted octanol–water partition coefficient (Wildman–Crippen LogP) is 5.01. The normalized spacial score (nSPS) is 20.2. The molecule has 0 unspecified atom stereocenters. The van der Waals surface area contributed by atoms with Gasteiger partial charge in [0, 0.05) is 10.9 Å². The number of hydrogen-bond donors (Lipinski definition) is 1. The van der Waals surface area contributed by atoms with Gasteiger partial charge in [0.05, 0.1) is 18.2 Å². The van der Waals surface area contributed by atoms with E-state index in [-0.39, 0.29) is 23.8 Å². The number of thioether (sulfide) groups is 1. The molecule has 2 aromatic rings. The van der Waals surface area contributed by atoms with Crippen molar-refractivity contribution < 1.29 is 9.59 Å². The predicted molar refractivity (Wildman–Crippen MR) is 123 cm³/mol. The van der Waals surface area contributed by atoms with Crippen LogP contribution in [0.3, 0.4) is 0 Å². The fourth-order valence-electron chi connectivity index (χ4n) is 4.40. The molecule has 1 fully saturated rings. The average Bonchev–Trinajstić information content (AvgIpc) is 3.25. The van der Waals surface area contributed by atoms with Gasteiger partial charge in [-0.25, -0.2) is 0 Å². The summed E-state index contributed by atoms with van der Waals surface area (Å²) in [7, 11) is 0. The molecule has 1 heterocycles. The van der Waals surface area contributed by atoms with E-state index in [1.807, 2.05) is 30.0 Å². The number of carbonyl (C=O) groups excluding carboxylic acids is 2. The van der Waals surface area contributed by atoms with Gasteiger partial charge < -0.3 is 10.2 Å². The Labute approximate surface area is 183 Å². The lowest BCUT2D eigenvalue weighted by Crippen LogP contribution is -2.48. The Morgan fingerprint density at radius 1 is 1.17 bits per heavy atom. The van der Waals surface area contributed by atoms with Crippen LogP contribution in [-0.2, 0) is 16.1 Å². The number of benzene rings is 2. The first-order valence-corrected chi connectivity index (χ1v) is 11.8. The average molecular weight is 423 g/mol. The third-order valence-corrected chi connectivity index (χ3v) is 7.78. The van der Waals surface area contributed by atoms with E-state index in [1.165, 1.54) is 35.7 Å². The van der Waals surface area contributed by atoms with Gasteiger partial charge in [-0.15, -0.1) is 11.8 Å². The Morgan fingerprint density at radius 3 is 2.67 bits per heavy atom. The first kappa shape index (κ1) is 21.0. The molecular weight excluding hydrogens is 392 g/mol. The van der Waals surface area contributed by atoms with Crippen LogP contribution in [0.2, 0.25) is 0 Å². The number of aryl methyl sites for hydroxylation is 2. The van der Waals surface area contributed by atoms with Crippen LogP contribution in [0.1, 0.15) is 49.3 Å². The largest absolute Gasteiger partial charge is 0.353 e. The molecule has 0 saturated heterocycles. The highest BCUT2D eigenvalue weighted by Gasteiger charge is 2.40. The molecule has 1 aliphatic carbocycles. The second-order valence-corrected chi connectivity index (χ2v) is 9.82. The molecule has 2 aliphatic rings. The van der Waals surface area contributed by atoms with E-state index in [9.17, 15) is 9.59 Å². The molecule has 0 radical (unpaired) electrons. The Morgan fingerprint density at radius 2 is 1.90 bits per heavy atom. The van der Waals surface area contributed by atoms with Crippen molar-refractivity contribution in [1.82, 2.24) is 5.32 Å². The third kappa shape index (κ3) is 4.27. The molecule has 4 nitrogen and oxygen atoms in total. The van der Waals surface area contributed by atoms with Gasteiger partial charge in [0.15, 0.2) is 0 Å². The molecule has 0 bridgehead atoms. The van der Waals surface area contributed by atoms with Gasteiger partial charge in [-0.1, -0.05) is 55.7 Å². The van der Waals surface area contributed by atoms with E-state index in [1.54, 1.807) is 0 Å². The molecule has 30 heavy (non-hydrogen) atoms. The van der Waals surface area contributed by atoms with Gasteiger partial charge in [-0.05, 0) is 49.9 Å². The van der Waals surface area contributed by atoms with Gasteiger partial charge in [0.1, 0.15) is 5.25 Å². The summed E-state index contributed by atoms with van der Waals surface area (Å²) in [4.78, 5) is 29.5. The van der Waals surface area contributed by atoms with Gasteiger partial charge in [0.2, 0.25) is 11.8 Å². The van der Waals surface area contributed by atoms with Crippen molar-refractivity contribution in [2.24, 2.45) is 5.92 Å². The summed E-state index contributed by atoms with van der Waals surface area (Å²) in [6.45, 7) is 6.57. The number of fused-ring (bicyclic) bond motifs is 1. The van der Waals surface area contributed by atoms with E-state index < -0.39 is 5.25 Å². The highest BCUT2D eigenvalue weighted by Crippen LogP contribution is 2.42. The second-order valence-electron chi connectivity index (χ2n) is 8.64. The van der Waals surface area contributed by atoms with E-state index in [0.717, 1.165) is 29.0 Å². The Balaban J connectivity index is 1.60. The summed E-state index contributed by atoms with van der Waals surface area (Å²) in [5.74, 6) is -0.356. The van der Waals surface area contributed by atoms with Crippen molar-refractivity contribution in [2.75, 3.05) is 4.90 Å². The molecule has 5 heteroatoms. The molecule has 4 rings (SSSR count). The lowest BCUT2D eigenvalue weighted by molar-refractivity contribution is -0.128. The minimum Gasteiger partial charge on any atom is -0.353 e. The summed E-state index contributed by atoms with van der Waals surface area (Å²) in [6.07, 6.45) is 4.44. The Hall–Kier alpha value is -2.27. The van der Waals surface area contributed by atoms with Crippen molar-refractivity contribution in [3.05, 3.63) is 59.2 Å². The highest BCUT2D eigenvalue weighted by molar-refractivity contribution is 8.01. The maximum absolute atomic E-state index is 13.6. The second kappa shape index (κ2) is 8.84. The van der Waals surface area contributed by atoms with Gasteiger partial charge in [-0.2, -0.15) is 0 Å². The van der Waals surface area contributed by atoms with Crippen molar-refractivity contribution >= 4 is 29.3 Å². The van der Waals surface area contributed by atoms with Gasteiger partial charge in [0.25, 0.3) is 0 Å². The van der Waals surface area contributed by atoms with Gasteiger partial charge in [-0.3, -0.25) is 9.59 Å². The van der Waals surface area contributed by atoms with Crippen molar-refractivity contribution in [1.29, 1.82) is 0 Å². The lowest BCUT2D eigenvalue weighted by atomic mass is 10.0. The molecule has 2 amide bonds. The van der Waals surface area contributed by atoms with Crippen LogP contribution in [0.25, 0.3) is 0 Å². The first-order chi connectivity index (χ1) is 14.4. The third-order valence-electron chi connectivity index (χ3n) is 6.32. The zero-order valence-corrected chi connectivity index (χ0v) is 18.8. The SMILES string of the molecule is Cc1ccc(C)c(CN2C(=O)[C@@H]([C@H](C)C(=O)NC3CCCC3)Sc3ccccc32)c1. The number of carbonyl (C=O) groups is 2. The summed E-state index contributed by atoms with van der Waals surface area (Å²) in [6, 6.07) is 14.6. The number of nitrogens with one attached hydrogen (secondary N) is 1. The standard InChI is InChI=1S/C25H30N2O2S/c1-16-12-13-17(2)19(14-16)15-27-21-10-6-7-11-22(21)30-23(25(27)29)18(3)24(28)26-20-8-4-5-9-20/h6-7,10-14,18,20,23H,4-5,8-9,15H2,1-3H3,(H,26,28)/t18-,23+/m0/s1. The number of para-hydroxylation sites is 1. The molecule has 1 saturated carbocycles. The summed E-state index contributed by atoms with van der Waals surface area (Å²) in [5.41, 5.74) is 4.44. The molecule has 2 atom stereocenters. The van der Waals surface area contributed by atoms with Crippen LogP contribution in [0.4, 0.5) is 5.69 Å². The molecule has 1 aliphatic heterocycles. The molecule has 2 aromatic carbocycles. The van der Waals surface area contributed by atoms with Crippen LogP contribution in [-0.4, -0.2) is 23.1 Å². The van der Waals surface area contributed by atoms with Crippen LogP contribution in [0, 0.1) is 19.8 Å². The number of rotatable bonds is 5. The summed E-state index contributed by atoms with van der Waals surface area (Å²) >= 11 is 1.53. The zero-order chi connectivity index (χ0) is 21.3. The summed E-state index contributed by atoms with van der Waals surface area (Å²) < 4.78 is 0.